The second kappa shape index (κ2) is 9.99. The third kappa shape index (κ3) is 4.81. The summed E-state index contributed by atoms with van der Waals surface area (Å²) in [4.78, 5) is 31.7. The predicted octanol–water partition coefficient (Wildman–Crippen LogP) is 3.91. The second-order valence-corrected chi connectivity index (χ2v) is 11.2. The molecule has 2 unspecified atom stereocenters. The summed E-state index contributed by atoms with van der Waals surface area (Å²) in [6, 6.07) is 1.91. The molecule has 1 aliphatic rings. The molecule has 196 valence electrons. The van der Waals surface area contributed by atoms with Gasteiger partial charge in [-0.15, -0.1) is 11.3 Å². The summed E-state index contributed by atoms with van der Waals surface area (Å²) >= 11 is 1.21. The van der Waals surface area contributed by atoms with Crippen LogP contribution in [0, 0.1) is 6.92 Å². The van der Waals surface area contributed by atoms with Gasteiger partial charge in [-0.1, -0.05) is 0 Å². The minimum atomic E-state index is -1.62. The van der Waals surface area contributed by atoms with Crippen LogP contribution in [0.4, 0.5) is 4.39 Å². The van der Waals surface area contributed by atoms with Crippen LogP contribution in [0.15, 0.2) is 17.1 Å². The highest BCUT2D eigenvalue weighted by atomic mass is 32.1. The van der Waals surface area contributed by atoms with Gasteiger partial charge in [-0.3, -0.25) is 9.59 Å². The molecule has 3 aromatic heterocycles. The lowest BCUT2D eigenvalue weighted by atomic mass is 9.99. The van der Waals surface area contributed by atoms with Gasteiger partial charge in [0.15, 0.2) is 6.17 Å². The molecule has 10 heteroatoms. The molecular weight excluding hydrogens is 483 g/mol. The van der Waals surface area contributed by atoms with Crippen molar-refractivity contribution in [1.82, 2.24) is 19.8 Å². The Labute approximate surface area is 214 Å². The topological polar surface area (TPSA) is 99.6 Å². The molecule has 0 bridgehead atoms. The number of ether oxygens (including phenoxy) is 1. The van der Waals surface area contributed by atoms with Gasteiger partial charge in [-0.05, 0) is 60.2 Å². The van der Waals surface area contributed by atoms with Gasteiger partial charge in [0.1, 0.15) is 23.6 Å². The molecule has 1 saturated heterocycles. The van der Waals surface area contributed by atoms with Crippen LogP contribution in [0.25, 0.3) is 21.3 Å². The number of amides is 1. The van der Waals surface area contributed by atoms with Crippen LogP contribution in [0.3, 0.4) is 0 Å². The quantitative estimate of drug-likeness (QED) is 0.420. The highest BCUT2D eigenvalue weighted by Crippen LogP contribution is 2.49. The summed E-state index contributed by atoms with van der Waals surface area (Å²) in [7, 11) is 3.71. The predicted molar refractivity (Wildman–Crippen MR) is 141 cm³/mol. The lowest BCUT2D eigenvalue weighted by Gasteiger charge is -2.22. The summed E-state index contributed by atoms with van der Waals surface area (Å²) < 4.78 is 23.3. The number of likely N-dealkylation sites (N-methyl/N-ethyl adjacent to an activating group) is 1. The van der Waals surface area contributed by atoms with Gasteiger partial charge >= 0.3 is 0 Å². The van der Waals surface area contributed by atoms with Crippen molar-refractivity contribution >= 4 is 28.1 Å². The molecule has 2 atom stereocenters. The lowest BCUT2D eigenvalue weighted by molar-refractivity contribution is -0.00289. The van der Waals surface area contributed by atoms with E-state index in [9.17, 15) is 14.7 Å². The Morgan fingerprint density at radius 3 is 2.75 bits per heavy atom. The molecule has 8 nitrogen and oxygen atoms in total. The van der Waals surface area contributed by atoms with Crippen molar-refractivity contribution in [1.29, 1.82) is 0 Å². The van der Waals surface area contributed by atoms with Crippen LogP contribution in [-0.4, -0.2) is 63.9 Å². The lowest BCUT2D eigenvalue weighted by Crippen LogP contribution is -2.30. The summed E-state index contributed by atoms with van der Waals surface area (Å²) in [6.45, 7) is 8.42. The molecule has 0 spiro atoms. The zero-order chi connectivity index (χ0) is 26.4. The Bertz CT molecular complexity index is 1340. The van der Waals surface area contributed by atoms with Crippen LogP contribution >= 0.6 is 11.3 Å². The molecular formula is C26H35FN4O4S. The van der Waals surface area contributed by atoms with Crippen molar-refractivity contribution in [2.75, 3.05) is 26.7 Å². The highest BCUT2D eigenvalue weighted by molar-refractivity contribution is 7.16. The van der Waals surface area contributed by atoms with Crippen LogP contribution in [0.1, 0.15) is 60.7 Å². The Morgan fingerprint density at radius 2 is 2.14 bits per heavy atom. The number of hydrogen-bond acceptors (Lipinski definition) is 6. The molecule has 3 aromatic rings. The molecule has 0 radical (unpaired) electrons. The van der Waals surface area contributed by atoms with Gasteiger partial charge in [-0.25, -0.2) is 4.39 Å². The van der Waals surface area contributed by atoms with Crippen molar-refractivity contribution in [3.05, 3.63) is 38.8 Å². The molecule has 4 heterocycles. The fourth-order valence-corrected chi connectivity index (χ4v) is 6.13. The SMILES string of the molecule is CCNC(=O)c1cc2c(-c3sc(C(F)C(C)(C)O)c(C)c3OCC3CCCN3C)cn(C)c(=O)c2[nH]1. The van der Waals surface area contributed by atoms with Crippen molar-refractivity contribution < 1.29 is 19.0 Å². The Kier molecular flexibility index (Phi) is 7.32. The first kappa shape index (κ1) is 26.4. The fraction of sp³-hybridized carbons (Fsp3) is 0.538. The molecule has 1 aliphatic heterocycles. The fourth-order valence-electron chi connectivity index (χ4n) is 4.69. The van der Waals surface area contributed by atoms with Crippen molar-refractivity contribution in [2.24, 2.45) is 7.05 Å². The number of likely N-dealkylation sites (tertiary alicyclic amines) is 1. The van der Waals surface area contributed by atoms with Crippen molar-refractivity contribution in [2.45, 2.75) is 58.4 Å². The van der Waals surface area contributed by atoms with Gasteiger partial charge in [0.05, 0.1) is 10.5 Å². The number of aromatic amines is 1. The summed E-state index contributed by atoms with van der Waals surface area (Å²) in [5, 5.41) is 13.7. The van der Waals surface area contributed by atoms with Crippen LogP contribution < -0.4 is 15.6 Å². The minimum Gasteiger partial charge on any atom is -0.490 e. The van der Waals surface area contributed by atoms with Crippen LogP contribution in [-0.2, 0) is 7.05 Å². The Balaban J connectivity index is 1.89. The number of carbonyl (C=O) groups is 1. The zero-order valence-electron chi connectivity index (χ0n) is 21.7. The monoisotopic (exact) mass is 518 g/mol. The largest absolute Gasteiger partial charge is 0.490 e. The number of nitrogens with one attached hydrogen (secondary N) is 2. The van der Waals surface area contributed by atoms with E-state index in [-0.39, 0.29) is 23.2 Å². The average molecular weight is 519 g/mol. The molecule has 0 saturated carbocycles. The number of carbonyl (C=O) groups excluding carboxylic acids is 1. The van der Waals surface area contributed by atoms with E-state index in [0.717, 1.165) is 19.4 Å². The number of H-pyrrole nitrogens is 1. The average Bonchev–Trinajstić information content (AvgIpc) is 3.51. The number of nitrogens with zero attached hydrogens (tertiary/aromatic N) is 2. The number of fused-ring (bicyclic) bond motifs is 1. The van der Waals surface area contributed by atoms with E-state index in [1.54, 1.807) is 26.2 Å². The van der Waals surface area contributed by atoms with Gasteiger partial charge in [0.2, 0.25) is 0 Å². The standard InChI is InChI=1S/C26H35FN4O4S/c1-7-28-24(32)18-11-16-17(12-31(6)25(33)19(16)29-18)22-20(35-13-15-9-8-10-30(15)5)14(2)21(36-22)23(27)26(3,4)34/h11-12,15,23,29,34H,7-10,13H2,1-6H3,(H,28,32). The van der Waals surface area contributed by atoms with E-state index < -0.39 is 11.8 Å². The normalized spacial score (nSPS) is 17.6. The van der Waals surface area contributed by atoms with E-state index in [2.05, 4.69) is 22.2 Å². The third-order valence-corrected chi connectivity index (χ3v) is 8.20. The first-order chi connectivity index (χ1) is 16.9. The number of pyridine rings is 1. The minimum absolute atomic E-state index is 0.257. The van der Waals surface area contributed by atoms with Gasteiger partial charge < -0.3 is 29.6 Å². The molecule has 4 rings (SSSR count). The molecule has 36 heavy (non-hydrogen) atoms. The first-order valence-corrected chi connectivity index (χ1v) is 13.1. The maximum Gasteiger partial charge on any atom is 0.274 e. The molecule has 0 aromatic carbocycles. The number of aromatic nitrogens is 2. The van der Waals surface area contributed by atoms with Crippen molar-refractivity contribution in [3.8, 4) is 16.2 Å². The maximum atomic E-state index is 15.4. The van der Waals surface area contributed by atoms with Gasteiger partial charge in [0.25, 0.3) is 11.5 Å². The number of aryl methyl sites for hydroxylation is 1. The second-order valence-electron chi connectivity index (χ2n) is 10.1. The van der Waals surface area contributed by atoms with E-state index >= 15 is 4.39 Å². The van der Waals surface area contributed by atoms with Crippen LogP contribution in [0.2, 0.25) is 0 Å². The third-order valence-electron chi connectivity index (χ3n) is 6.86. The number of aliphatic hydroxyl groups is 1. The summed E-state index contributed by atoms with van der Waals surface area (Å²) in [6.07, 6.45) is 2.20. The van der Waals surface area contributed by atoms with Gasteiger partial charge in [0, 0.05) is 47.2 Å². The first-order valence-electron chi connectivity index (χ1n) is 12.3. The van der Waals surface area contributed by atoms with E-state index in [1.165, 1.54) is 29.8 Å². The smallest absolute Gasteiger partial charge is 0.274 e. The van der Waals surface area contributed by atoms with Crippen LogP contribution in [0.5, 0.6) is 5.75 Å². The molecule has 3 N–H and O–H groups in total. The van der Waals surface area contributed by atoms with E-state index in [4.69, 9.17) is 4.74 Å². The highest BCUT2D eigenvalue weighted by Gasteiger charge is 2.34. The number of alkyl halides is 1. The van der Waals surface area contributed by atoms with E-state index in [1.807, 2.05) is 6.92 Å². The Hall–Kier alpha value is -2.69. The molecule has 0 aliphatic carbocycles. The van der Waals surface area contributed by atoms with Crippen molar-refractivity contribution in [3.63, 3.8) is 0 Å². The van der Waals surface area contributed by atoms with E-state index in [0.29, 0.717) is 50.7 Å². The number of halogens is 1. The number of rotatable bonds is 8. The summed E-state index contributed by atoms with van der Waals surface area (Å²) in [5.74, 6) is 0.235. The number of hydrogen-bond donors (Lipinski definition) is 3. The molecule has 1 fully saturated rings. The number of thiophene rings is 1. The summed E-state index contributed by atoms with van der Waals surface area (Å²) in [5.41, 5.74) is 0.0219. The Morgan fingerprint density at radius 1 is 1.42 bits per heavy atom. The van der Waals surface area contributed by atoms with Gasteiger partial charge in [-0.2, -0.15) is 0 Å². The maximum absolute atomic E-state index is 15.4. The molecule has 1 amide bonds. The zero-order valence-corrected chi connectivity index (χ0v) is 22.5.